The lowest BCUT2D eigenvalue weighted by Crippen LogP contribution is -2.23. The van der Waals surface area contributed by atoms with Crippen LogP contribution in [-0.4, -0.2) is 31.8 Å². The Morgan fingerprint density at radius 3 is 2.40 bits per heavy atom. The molecule has 0 saturated carbocycles. The molecule has 2 amide bonds. The maximum absolute atomic E-state index is 12.4. The fourth-order valence-corrected chi connectivity index (χ4v) is 2.99. The SMILES string of the molecule is C=CCn1c(C)nnc1SC(C)C(=O)Nc1ccc(NC(C)=O)cc1. The van der Waals surface area contributed by atoms with Crippen LogP contribution in [0.15, 0.2) is 42.1 Å². The van der Waals surface area contributed by atoms with Crippen molar-refractivity contribution in [1.82, 2.24) is 14.8 Å². The fourth-order valence-electron chi connectivity index (χ4n) is 2.08. The zero-order valence-corrected chi connectivity index (χ0v) is 15.3. The molecule has 0 fully saturated rings. The minimum atomic E-state index is -0.345. The van der Waals surface area contributed by atoms with Crippen molar-refractivity contribution in [3.05, 3.63) is 42.7 Å². The average molecular weight is 359 g/mol. The van der Waals surface area contributed by atoms with E-state index in [-0.39, 0.29) is 17.1 Å². The molecule has 25 heavy (non-hydrogen) atoms. The molecule has 1 atom stereocenters. The van der Waals surface area contributed by atoms with Crippen LogP contribution in [0.1, 0.15) is 19.7 Å². The highest BCUT2D eigenvalue weighted by Crippen LogP contribution is 2.23. The van der Waals surface area contributed by atoms with Gasteiger partial charge in [-0.1, -0.05) is 17.8 Å². The first kappa shape index (κ1) is 18.7. The molecule has 0 aliphatic rings. The van der Waals surface area contributed by atoms with Crippen LogP contribution in [0.5, 0.6) is 0 Å². The minimum Gasteiger partial charge on any atom is -0.326 e. The van der Waals surface area contributed by atoms with E-state index in [1.165, 1.54) is 18.7 Å². The van der Waals surface area contributed by atoms with Gasteiger partial charge in [0.05, 0.1) is 5.25 Å². The molecule has 2 N–H and O–H groups in total. The topological polar surface area (TPSA) is 88.9 Å². The monoisotopic (exact) mass is 359 g/mol. The Morgan fingerprint density at radius 1 is 1.24 bits per heavy atom. The van der Waals surface area contributed by atoms with Gasteiger partial charge in [-0.25, -0.2) is 0 Å². The quantitative estimate of drug-likeness (QED) is 0.586. The van der Waals surface area contributed by atoms with Crippen LogP contribution in [0.25, 0.3) is 0 Å². The van der Waals surface area contributed by atoms with Gasteiger partial charge >= 0.3 is 0 Å². The normalized spacial score (nSPS) is 11.6. The van der Waals surface area contributed by atoms with Crippen molar-refractivity contribution in [1.29, 1.82) is 0 Å². The van der Waals surface area contributed by atoms with Crippen molar-refractivity contribution in [3.8, 4) is 0 Å². The molecule has 2 rings (SSSR count). The van der Waals surface area contributed by atoms with Gasteiger partial charge in [0.1, 0.15) is 5.82 Å². The molecule has 8 heteroatoms. The summed E-state index contributed by atoms with van der Waals surface area (Å²) in [6, 6.07) is 6.95. The number of hydrogen-bond acceptors (Lipinski definition) is 5. The summed E-state index contributed by atoms with van der Waals surface area (Å²) >= 11 is 1.34. The van der Waals surface area contributed by atoms with Gasteiger partial charge in [-0.2, -0.15) is 0 Å². The lowest BCUT2D eigenvalue weighted by atomic mass is 10.2. The molecule has 0 saturated heterocycles. The lowest BCUT2D eigenvalue weighted by Gasteiger charge is -2.13. The largest absolute Gasteiger partial charge is 0.326 e. The third-order valence-electron chi connectivity index (χ3n) is 3.34. The maximum atomic E-state index is 12.4. The van der Waals surface area contributed by atoms with Gasteiger partial charge in [-0.05, 0) is 38.1 Å². The Bertz CT molecular complexity index is 770. The van der Waals surface area contributed by atoms with E-state index in [2.05, 4.69) is 27.4 Å². The number of nitrogens with zero attached hydrogens (tertiary/aromatic N) is 3. The summed E-state index contributed by atoms with van der Waals surface area (Å²) in [6.07, 6.45) is 1.77. The molecule has 132 valence electrons. The van der Waals surface area contributed by atoms with E-state index in [4.69, 9.17) is 0 Å². The predicted octanol–water partition coefficient (Wildman–Crippen LogP) is 2.85. The number of aryl methyl sites for hydroxylation is 1. The highest BCUT2D eigenvalue weighted by atomic mass is 32.2. The predicted molar refractivity (Wildman–Crippen MR) is 99.7 cm³/mol. The average Bonchev–Trinajstić information content (AvgIpc) is 2.90. The fraction of sp³-hybridized carbons (Fsp3) is 0.294. The van der Waals surface area contributed by atoms with Crippen LogP contribution in [-0.2, 0) is 16.1 Å². The van der Waals surface area contributed by atoms with Gasteiger partial charge in [0.2, 0.25) is 11.8 Å². The Kier molecular flexibility index (Phi) is 6.35. The molecule has 1 heterocycles. The molecule has 1 aromatic carbocycles. The number of carbonyl (C=O) groups is 2. The molecule has 0 radical (unpaired) electrons. The van der Waals surface area contributed by atoms with E-state index in [9.17, 15) is 9.59 Å². The summed E-state index contributed by atoms with van der Waals surface area (Å²) in [7, 11) is 0. The van der Waals surface area contributed by atoms with E-state index in [0.29, 0.717) is 23.1 Å². The number of allylic oxidation sites excluding steroid dienone is 1. The van der Waals surface area contributed by atoms with Crippen molar-refractivity contribution < 1.29 is 9.59 Å². The maximum Gasteiger partial charge on any atom is 0.237 e. The molecule has 0 bridgehead atoms. The second kappa shape index (κ2) is 8.48. The number of amides is 2. The van der Waals surface area contributed by atoms with Gasteiger partial charge in [0, 0.05) is 24.8 Å². The smallest absolute Gasteiger partial charge is 0.237 e. The standard InChI is InChI=1S/C17H21N5O2S/c1-5-10-22-12(3)20-21-17(22)25-11(2)16(24)19-15-8-6-14(7-9-15)18-13(4)23/h5-9,11H,1,10H2,2-4H3,(H,18,23)(H,19,24). The zero-order valence-electron chi connectivity index (χ0n) is 14.4. The Balaban J connectivity index is 1.98. The first-order valence-corrected chi connectivity index (χ1v) is 8.64. The van der Waals surface area contributed by atoms with Crippen molar-refractivity contribution >= 4 is 35.0 Å². The van der Waals surface area contributed by atoms with E-state index in [0.717, 1.165) is 5.82 Å². The van der Waals surface area contributed by atoms with Gasteiger partial charge in [0.25, 0.3) is 0 Å². The molecule has 2 aromatic rings. The zero-order chi connectivity index (χ0) is 18.4. The van der Waals surface area contributed by atoms with Crippen LogP contribution < -0.4 is 10.6 Å². The molecule has 0 aliphatic carbocycles. The second-order valence-corrected chi connectivity index (χ2v) is 6.74. The van der Waals surface area contributed by atoms with E-state index >= 15 is 0 Å². The lowest BCUT2D eigenvalue weighted by molar-refractivity contribution is -0.115. The molecule has 1 unspecified atom stereocenters. The first-order chi connectivity index (χ1) is 11.9. The third-order valence-corrected chi connectivity index (χ3v) is 4.42. The van der Waals surface area contributed by atoms with Gasteiger partial charge in [-0.3, -0.25) is 9.59 Å². The molecule has 0 aliphatic heterocycles. The number of rotatable bonds is 7. The Labute approximate surface area is 150 Å². The second-order valence-electron chi connectivity index (χ2n) is 5.44. The summed E-state index contributed by atoms with van der Waals surface area (Å²) < 4.78 is 1.91. The van der Waals surface area contributed by atoms with Gasteiger partial charge < -0.3 is 15.2 Å². The van der Waals surface area contributed by atoms with E-state index in [1.807, 2.05) is 18.4 Å². The number of carbonyl (C=O) groups excluding carboxylic acids is 2. The van der Waals surface area contributed by atoms with Gasteiger partial charge in [-0.15, -0.1) is 16.8 Å². The van der Waals surface area contributed by atoms with Crippen molar-refractivity contribution in [2.75, 3.05) is 10.6 Å². The van der Waals surface area contributed by atoms with Crippen LogP contribution in [0.4, 0.5) is 11.4 Å². The number of hydrogen-bond donors (Lipinski definition) is 2. The number of anilines is 2. The highest BCUT2D eigenvalue weighted by Gasteiger charge is 2.19. The first-order valence-electron chi connectivity index (χ1n) is 7.76. The Hall–Kier alpha value is -2.61. The summed E-state index contributed by atoms with van der Waals surface area (Å²) in [5, 5.41) is 14.0. The summed E-state index contributed by atoms with van der Waals surface area (Å²) in [5.41, 5.74) is 1.34. The molecular weight excluding hydrogens is 338 g/mol. The number of thioether (sulfide) groups is 1. The number of benzene rings is 1. The number of aromatic nitrogens is 3. The minimum absolute atomic E-state index is 0.136. The van der Waals surface area contributed by atoms with E-state index < -0.39 is 0 Å². The highest BCUT2D eigenvalue weighted by molar-refractivity contribution is 8.00. The van der Waals surface area contributed by atoms with Crippen LogP contribution in [0, 0.1) is 6.92 Å². The third kappa shape index (κ3) is 5.18. The number of nitrogens with one attached hydrogen (secondary N) is 2. The summed E-state index contributed by atoms with van der Waals surface area (Å²) in [6.45, 7) is 9.44. The summed E-state index contributed by atoms with van der Waals surface area (Å²) in [5.74, 6) is 0.507. The van der Waals surface area contributed by atoms with Crippen LogP contribution in [0.2, 0.25) is 0 Å². The van der Waals surface area contributed by atoms with Crippen molar-refractivity contribution in [2.45, 2.75) is 37.7 Å². The van der Waals surface area contributed by atoms with Crippen LogP contribution in [0.3, 0.4) is 0 Å². The van der Waals surface area contributed by atoms with Crippen molar-refractivity contribution in [2.24, 2.45) is 0 Å². The van der Waals surface area contributed by atoms with E-state index in [1.54, 1.807) is 30.3 Å². The van der Waals surface area contributed by atoms with Crippen LogP contribution >= 0.6 is 11.8 Å². The van der Waals surface area contributed by atoms with Crippen molar-refractivity contribution in [3.63, 3.8) is 0 Å². The Morgan fingerprint density at radius 2 is 1.84 bits per heavy atom. The molecule has 0 spiro atoms. The van der Waals surface area contributed by atoms with Gasteiger partial charge in [0.15, 0.2) is 5.16 Å². The molecular formula is C17H21N5O2S. The summed E-state index contributed by atoms with van der Waals surface area (Å²) in [4.78, 5) is 23.4. The molecule has 7 nitrogen and oxygen atoms in total. The molecule has 1 aromatic heterocycles.